The Morgan fingerprint density at radius 2 is 1.91 bits per heavy atom. The number of amides is 1. The average Bonchev–Trinajstić information content (AvgIpc) is 2.48. The summed E-state index contributed by atoms with van der Waals surface area (Å²) in [5, 5.41) is 2.46. The first-order valence-corrected chi connectivity index (χ1v) is 7.47. The van der Waals surface area contributed by atoms with Crippen LogP contribution in [0.5, 0.6) is 11.5 Å². The summed E-state index contributed by atoms with van der Waals surface area (Å²) in [5.41, 5.74) is 1.58. The maximum Gasteiger partial charge on any atom is 0.251 e. The Hall–Kier alpha value is -2.36. The smallest absolute Gasteiger partial charge is 0.251 e. The van der Waals surface area contributed by atoms with Crippen LogP contribution in [0.4, 0.5) is 4.39 Å². The average molecular weight is 299 g/mol. The van der Waals surface area contributed by atoms with Crippen molar-refractivity contribution in [2.45, 2.75) is 25.2 Å². The number of ether oxygens (including phenoxy) is 1. The molecule has 3 nitrogen and oxygen atoms in total. The quantitative estimate of drug-likeness (QED) is 0.916. The van der Waals surface area contributed by atoms with E-state index in [1.54, 1.807) is 6.07 Å². The lowest BCUT2D eigenvalue weighted by Gasteiger charge is -2.25. The second-order valence-corrected chi connectivity index (χ2v) is 5.52. The van der Waals surface area contributed by atoms with Gasteiger partial charge in [-0.05, 0) is 54.7 Å². The number of halogens is 1. The van der Waals surface area contributed by atoms with E-state index in [1.807, 2.05) is 24.3 Å². The second kappa shape index (κ2) is 6.18. The van der Waals surface area contributed by atoms with Crippen LogP contribution in [0.25, 0.3) is 0 Å². The van der Waals surface area contributed by atoms with Crippen LogP contribution in [0, 0.1) is 5.82 Å². The van der Waals surface area contributed by atoms with Gasteiger partial charge >= 0.3 is 0 Å². The summed E-state index contributed by atoms with van der Waals surface area (Å²) in [4.78, 5) is 11.5. The Morgan fingerprint density at radius 1 is 1.18 bits per heavy atom. The molecule has 0 atom stereocenters. The second-order valence-electron chi connectivity index (χ2n) is 5.52. The van der Waals surface area contributed by atoms with Gasteiger partial charge in [0.1, 0.15) is 5.75 Å². The molecule has 1 fully saturated rings. The van der Waals surface area contributed by atoms with Gasteiger partial charge in [0.05, 0.1) is 0 Å². The SMILES string of the molecule is CNC(=O)c1ccc(Oc2ccc(C3CCC3)cc2)c(F)c1. The van der Waals surface area contributed by atoms with E-state index in [0.29, 0.717) is 11.7 Å². The summed E-state index contributed by atoms with van der Waals surface area (Å²) in [7, 11) is 1.51. The molecule has 4 heteroatoms. The van der Waals surface area contributed by atoms with E-state index in [9.17, 15) is 9.18 Å². The fraction of sp³-hybridized carbons (Fsp3) is 0.278. The molecule has 2 aromatic rings. The molecule has 0 spiro atoms. The fourth-order valence-electron chi connectivity index (χ4n) is 2.55. The van der Waals surface area contributed by atoms with E-state index in [1.165, 1.54) is 44.0 Å². The third kappa shape index (κ3) is 2.96. The third-order valence-electron chi connectivity index (χ3n) is 4.11. The third-order valence-corrected chi connectivity index (χ3v) is 4.11. The molecular formula is C18H18FNO2. The van der Waals surface area contributed by atoms with Crippen molar-refractivity contribution in [3.8, 4) is 11.5 Å². The number of hydrogen-bond donors (Lipinski definition) is 1. The van der Waals surface area contributed by atoms with Gasteiger partial charge in [0.15, 0.2) is 11.6 Å². The van der Waals surface area contributed by atoms with Crippen molar-refractivity contribution < 1.29 is 13.9 Å². The van der Waals surface area contributed by atoms with Crippen LogP contribution in [0.15, 0.2) is 42.5 Å². The number of hydrogen-bond acceptors (Lipinski definition) is 2. The minimum Gasteiger partial charge on any atom is -0.454 e. The molecule has 0 bridgehead atoms. The van der Waals surface area contributed by atoms with E-state index in [2.05, 4.69) is 5.32 Å². The first-order valence-electron chi connectivity index (χ1n) is 7.47. The number of carbonyl (C=O) groups is 1. The molecule has 114 valence electrons. The fourth-order valence-corrected chi connectivity index (χ4v) is 2.55. The maximum absolute atomic E-state index is 14.0. The van der Waals surface area contributed by atoms with Crippen molar-refractivity contribution in [2.24, 2.45) is 0 Å². The van der Waals surface area contributed by atoms with Gasteiger partial charge in [-0.1, -0.05) is 18.6 Å². The zero-order valence-electron chi connectivity index (χ0n) is 12.4. The summed E-state index contributed by atoms with van der Waals surface area (Å²) in [5.74, 6) is 0.496. The van der Waals surface area contributed by atoms with E-state index < -0.39 is 5.82 Å². The maximum atomic E-state index is 14.0. The van der Waals surface area contributed by atoms with Gasteiger partial charge in [0, 0.05) is 12.6 Å². The van der Waals surface area contributed by atoms with E-state index in [0.717, 1.165) is 0 Å². The van der Waals surface area contributed by atoms with Crippen LogP contribution >= 0.6 is 0 Å². The van der Waals surface area contributed by atoms with Crippen LogP contribution in [-0.2, 0) is 0 Å². The molecule has 0 aromatic heterocycles. The first kappa shape index (κ1) is 14.6. The van der Waals surface area contributed by atoms with Crippen molar-refractivity contribution in [1.29, 1.82) is 0 Å². The molecule has 1 N–H and O–H groups in total. The lowest BCUT2D eigenvalue weighted by molar-refractivity contribution is 0.0962. The molecule has 3 rings (SSSR count). The van der Waals surface area contributed by atoms with Crippen molar-refractivity contribution in [1.82, 2.24) is 5.32 Å². The zero-order chi connectivity index (χ0) is 15.5. The number of rotatable bonds is 4. The molecule has 0 heterocycles. The highest BCUT2D eigenvalue weighted by Crippen LogP contribution is 2.37. The Balaban J connectivity index is 1.73. The molecule has 0 radical (unpaired) electrons. The number of benzene rings is 2. The van der Waals surface area contributed by atoms with Gasteiger partial charge in [-0.15, -0.1) is 0 Å². The molecule has 1 amide bonds. The van der Waals surface area contributed by atoms with Crippen LogP contribution in [0.3, 0.4) is 0 Å². The Bertz CT molecular complexity index is 678. The van der Waals surface area contributed by atoms with Crippen LogP contribution in [-0.4, -0.2) is 13.0 Å². The summed E-state index contributed by atoms with van der Waals surface area (Å²) >= 11 is 0. The molecule has 1 saturated carbocycles. The topological polar surface area (TPSA) is 38.3 Å². The molecule has 0 aliphatic heterocycles. The molecule has 0 unspecified atom stereocenters. The molecule has 0 saturated heterocycles. The van der Waals surface area contributed by atoms with Crippen LogP contribution in [0.2, 0.25) is 0 Å². The van der Waals surface area contributed by atoms with Gasteiger partial charge in [0.25, 0.3) is 5.91 Å². The Labute approximate surface area is 129 Å². The Kier molecular flexibility index (Phi) is 4.09. The molecule has 1 aliphatic carbocycles. The first-order chi connectivity index (χ1) is 10.7. The van der Waals surface area contributed by atoms with Crippen molar-refractivity contribution >= 4 is 5.91 Å². The minimum absolute atomic E-state index is 0.115. The van der Waals surface area contributed by atoms with Crippen LogP contribution in [0.1, 0.15) is 41.1 Å². The van der Waals surface area contributed by atoms with E-state index in [-0.39, 0.29) is 17.2 Å². The highest BCUT2D eigenvalue weighted by molar-refractivity contribution is 5.94. The van der Waals surface area contributed by atoms with Crippen LogP contribution < -0.4 is 10.1 Å². The van der Waals surface area contributed by atoms with E-state index >= 15 is 0 Å². The summed E-state index contributed by atoms with van der Waals surface area (Å²) in [6.45, 7) is 0. The standard InChI is InChI=1S/C18H18FNO2/c1-20-18(21)14-7-10-17(16(19)11-14)22-15-8-5-13(6-9-15)12-3-2-4-12/h5-12H,2-4H2,1H3,(H,20,21). The summed E-state index contributed by atoms with van der Waals surface area (Å²) in [6.07, 6.45) is 3.79. The van der Waals surface area contributed by atoms with Gasteiger partial charge in [0.2, 0.25) is 0 Å². The highest BCUT2D eigenvalue weighted by Gasteiger charge is 2.19. The zero-order valence-corrected chi connectivity index (χ0v) is 12.4. The normalized spacial score (nSPS) is 14.3. The summed E-state index contributed by atoms with van der Waals surface area (Å²) in [6, 6.07) is 12.0. The lowest BCUT2D eigenvalue weighted by Crippen LogP contribution is -2.17. The Morgan fingerprint density at radius 3 is 2.45 bits per heavy atom. The number of nitrogens with one attached hydrogen (secondary N) is 1. The molecule has 2 aromatic carbocycles. The van der Waals surface area contributed by atoms with Gasteiger partial charge in [-0.3, -0.25) is 4.79 Å². The lowest BCUT2D eigenvalue weighted by atomic mass is 9.80. The highest BCUT2D eigenvalue weighted by atomic mass is 19.1. The predicted molar refractivity (Wildman–Crippen MR) is 82.9 cm³/mol. The van der Waals surface area contributed by atoms with Gasteiger partial charge < -0.3 is 10.1 Å². The predicted octanol–water partition coefficient (Wildman–Crippen LogP) is 4.25. The van der Waals surface area contributed by atoms with Gasteiger partial charge in [-0.2, -0.15) is 0 Å². The largest absolute Gasteiger partial charge is 0.454 e. The van der Waals surface area contributed by atoms with E-state index in [4.69, 9.17) is 4.74 Å². The summed E-state index contributed by atoms with van der Waals surface area (Å²) < 4.78 is 19.6. The van der Waals surface area contributed by atoms with Crippen molar-refractivity contribution in [3.05, 3.63) is 59.4 Å². The van der Waals surface area contributed by atoms with Gasteiger partial charge in [-0.25, -0.2) is 4.39 Å². The van der Waals surface area contributed by atoms with Crippen molar-refractivity contribution in [2.75, 3.05) is 7.05 Å². The minimum atomic E-state index is -0.552. The molecule has 1 aliphatic rings. The number of carbonyl (C=O) groups excluding carboxylic acids is 1. The molecular weight excluding hydrogens is 281 g/mol. The van der Waals surface area contributed by atoms with Crippen molar-refractivity contribution in [3.63, 3.8) is 0 Å². The monoisotopic (exact) mass is 299 g/mol. The molecule has 22 heavy (non-hydrogen) atoms.